The number of rotatable bonds is 6. The molecule has 1 heterocycles. The molecule has 1 unspecified atom stereocenters. The van der Waals surface area contributed by atoms with Gasteiger partial charge in [0.25, 0.3) is 0 Å². The third-order valence-corrected chi connectivity index (χ3v) is 5.23. The topological polar surface area (TPSA) is 126 Å². The van der Waals surface area contributed by atoms with Crippen LogP contribution >= 0.6 is 0 Å². The van der Waals surface area contributed by atoms with Gasteiger partial charge in [-0.3, -0.25) is 9.79 Å². The lowest BCUT2D eigenvalue weighted by atomic mass is 9.92. The van der Waals surface area contributed by atoms with E-state index in [9.17, 15) is 4.79 Å². The van der Waals surface area contributed by atoms with Crippen molar-refractivity contribution in [1.29, 1.82) is 0 Å². The van der Waals surface area contributed by atoms with Crippen LogP contribution in [0.3, 0.4) is 0 Å². The van der Waals surface area contributed by atoms with E-state index in [0.29, 0.717) is 0 Å². The highest BCUT2D eigenvalue weighted by Gasteiger charge is 2.23. The number of benzene rings is 2. The van der Waals surface area contributed by atoms with Gasteiger partial charge in [0.2, 0.25) is 0 Å². The zero-order valence-corrected chi connectivity index (χ0v) is 17.9. The van der Waals surface area contributed by atoms with Gasteiger partial charge in [-0.1, -0.05) is 24.3 Å². The molecule has 162 valence electrons. The molecule has 1 atom stereocenters. The number of hydrogen-bond acceptors (Lipinski definition) is 6. The van der Waals surface area contributed by atoms with E-state index in [-0.39, 0.29) is 12.5 Å². The van der Waals surface area contributed by atoms with Crippen LogP contribution in [0.5, 0.6) is 0 Å². The SMILES string of the molecule is CN=CC(=CN)c1ccc2c(c1)C(Nc1cccc(CC(=O)O)c1)CCN/C2=C(/C)N. The van der Waals surface area contributed by atoms with Crippen molar-refractivity contribution >= 4 is 29.1 Å². The number of aliphatic imine (C=N–C) groups is 1. The van der Waals surface area contributed by atoms with E-state index in [1.165, 1.54) is 0 Å². The van der Waals surface area contributed by atoms with Crippen molar-refractivity contribution in [2.75, 3.05) is 18.9 Å². The largest absolute Gasteiger partial charge is 0.481 e. The van der Waals surface area contributed by atoms with Crippen molar-refractivity contribution in [3.8, 4) is 0 Å². The van der Waals surface area contributed by atoms with Crippen molar-refractivity contribution in [3.63, 3.8) is 0 Å². The zero-order valence-electron chi connectivity index (χ0n) is 17.9. The van der Waals surface area contributed by atoms with Gasteiger partial charge in [0.15, 0.2) is 0 Å². The summed E-state index contributed by atoms with van der Waals surface area (Å²) in [4.78, 5) is 15.2. The number of carbonyl (C=O) groups is 1. The highest BCUT2D eigenvalue weighted by Crippen LogP contribution is 2.34. The third-order valence-electron chi connectivity index (χ3n) is 5.23. The van der Waals surface area contributed by atoms with Crippen LogP contribution in [-0.2, 0) is 11.2 Å². The summed E-state index contributed by atoms with van der Waals surface area (Å²) in [5, 5.41) is 16.1. The Morgan fingerprint density at radius 1 is 1.32 bits per heavy atom. The van der Waals surface area contributed by atoms with E-state index in [4.69, 9.17) is 16.6 Å². The lowest BCUT2D eigenvalue weighted by Gasteiger charge is -2.22. The minimum absolute atomic E-state index is 0.00281. The van der Waals surface area contributed by atoms with Crippen LogP contribution in [0.1, 0.15) is 41.6 Å². The van der Waals surface area contributed by atoms with Crippen LogP contribution in [0.4, 0.5) is 5.69 Å². The van der Waals surface area contributed by atoms with Gasteiger partial charge >= 0.3 is 5.97 Å². The van der Waals surface area contributed by atoms with Crippen molar-refractivity contribution < 1.29 is 9.90 Å². The van der Waals surface area contributed by atoms with E-state index in [1.54, 1.807) is 19.5 Å². The molecule has 0 fully saturated rings. The molecule has 0 spiro atoms. The lowest BCUT2D eigenvalue weighted by molar-refractivity contribution is -0.136. The Balaban J connectivity index is 2.05. The fourth-order valence-corrected chi connectivity index (χ4v) is 3.85. The number of hydrogen-bond donors (Lipinski definition) is 5. The molecule has 7 heteroatoms. The van der Waals surface area contributed by atoms with Gasteiger partial charge in [-0.25, -0.2) is 0 Å². The van der Waals surface area contributed by atoms with Crippen molar-refractivity contribution in [3.05, 3.63) is 76.6 Å². The van der Waals surface area contributed by atoms with Crippen molar-refractivity contribution in [1.82, 2.24) is 5.32 Å². The quantitative estimate of drug-likeness (QED) is 0.458. The average molecular weight is 420 g/mol. The number of fused-ring (bicyclic) bond motifs is 1. The van der Waals surface area contributed by atoms with Crippen LogP contribution in [0.15, 0.2) is 59.4 Å². The molecule has 0 amide bonds. The van der Waals surface area contributed by atoms with Crippen molar-refractivity contribution in [2.24, 2.45) is 16.5 Å². The Bertz CT molecular complexity index is 1050. The fraction of sp³-hybridized carbons (Fsp3) is 0.250. The number of anilines is 1. The molecule has 1 aliphatic rings. The van der Waals surface area contributed by atoms with E-state index < -0.39 is 5.97 Å². The van der Waals surface area contributed by atoms with E-state index >= 15 is 0 Å². The molecular weight excluding hydrogens is 390 g/mol. The Hall–Kier alpha value is -3.74. The molecule has 31 heavy (non-hydrogen) atoms. The number of allylic oxidation sites excluding steroid dienone is 2. The first kappa shape index (κ1) is 22.0. The predicted octanol–water partition coefficient (Wildman–Crippen LogP) is 3.11. The first-order valence-corrected chi connectivity index (χ1v) is 10.2. The van der Waals surface area contributed by atoms with Gasteiger partial charge in [-0.15, -0.1) is 0 Å². The normalized spacial score (nSPS) is 18.1. The smallest absolute Gasteiger partial charge is 0.307 e. The Morgan fingerprint density at radius 3 is 2.81 bits per heavy atom. The van der Waals surface area contributed by atoms with Crippen LogP contribution in [-0.4, -0.2) is 30.9 Å². The second-order valence-electron chi connectivity index (χ2n) is 7.55. The summed E-state index contributed by atoms with van der Waals surface area (Å²) >= 11 is 0. The minimum Gasteiger partial charge on any atom is -0.481 e. The second-order valence-corrected chi connectivity index (χ2v) is 7.55. The van der Waals surface area contributed by atoms with Crippen molar-refractivity contribution in [2.45, 2.75) is 25.8 Å². The van der Waals surface area contributed by atoms with E-state index in [2.05, 4.69) is 27.8 Å². The maximum absolute atomic E-state index is 11.1. The highest BCUT2D eigenvalue weighted by molar-refractivity contribution is 6.09. The second kappa shape index (κ2) is 9.84. The Morgan fingerprint density at radius 2 is 2.13 bits per heavy atom. The summed E-state index contributed by atoms with van der Waals surface area (Å²) in [5.41, 5.74) is 19.2. The number of nitrogens with one attached hydrogen (secondary N) is 2. The highest BCUT2D eigenvalue weighted by atomic mass is 16.4. The summed E-state index contributed by atoms with van der Waals surface area (Å²) in [6.45, 7) is 2.63. The number of carboxylic acids is 1. The molecule has 2 aromatic rings. The Kier molecular flexibility index (Phi) is 6.97. The zero-order chi connectivity index (χ0) is 22.4. The number of aliphatic carboxylic acids is 1. The molecule has 0 saturated carbocycles. The summed E-state index contributed by atoms with van der Waals surface area (Å²) in [5.74, 6) is -0.849. The van der Waals surface area contributed by atoms with Crippen LogP contribution in [0.25, 0.3) is 11.3 Å². The van der Waals surface area contributed by atoms with Gasteiger partial charge in [-0.05, 0) is 48.2 Å². The first-order valence-electron chi connectivity index (χ1n) is 10.2. The molecule has 0 aromatic heterocycles. The summed E-state index contributed by atoms with van der Waals surface area (Å²) in [6.07, 6.45) is 4.09. The maximum atomic E-state index is 11.1. The van der Waals surface area contributed by atoms with Gasteiger partial charge in [0.1, 0.15) is 0 Å². The van der Waals surface area contributed by atoms with Crippen LogP contribution in [0, 0.1) is 0 Å². The molecule has 0 bridgehead atoms. The fourth-order valence-electron chi connectivity index (χ4n) is 3.85. The molecule has 0 aliphatic carbocycles. The van der Waals surface area contributed by atoms with Gasteiger partial charge < -0.3 is 27.2 Å². The van der Waals surface area contributed by atoms with Gasteiger partial charge in [-0.2, -0.15) is 0 Å². The van der Waals surface area contributed by atoms with Gasteiger partial charge in [0.05, 0.1) is 18.2 Å². The molecule has 2 aromatic carbocycles. The minimum atomic E-state index is -0.849. The lowest BCUT2D eigenvalue weighted by Crippen LogP contribution is -2.16. The average Bonchev–Trinajstić information content (AvgIpc) is 2.91. The Labute approximate surface area is 182 Å². The number of nitrogens with zero attached hydrogens (tertiary/aromatic N) is 1. The molecule has 1 aliphatic heterocycles. The summed E-state index contributed by atoms with van der Waals surface area (Å²) < 4.78 is 0. The monoisotopic (exact) mass is 419 g/mol. The predicted molar refractivity (Wildman–Crippen MR) is 127 cm³/mol. The summed E-state index contributed by atoms with van der Waals surface area (Å²) in [7, 11) is 1.71. The molecule has 7 nitrogen and oxygen atoms in total. The van der Waals surface area contributed by atoms with E-state index in [1.807, 2.05) is 37.3 Å². The van der Waals surface area contributed by atoms with Crippen LogP contribution in [0.2, 0.25) is 0 Å². The molecule has 3 rings (SSSR count). The molecule has 0 saturated heterocycles. The molecule has 7 N–H and O–H groups in total. The maximum Gasteiger partial charge on any atom is 0.307 e. The van der Waals surface area contributed by atoms with Gasteiger partial charge in [0, 0.05) is 48.5 Å². The first-order chi connectivity index (χ1) is 14.9. The summed E-state index contributed by atoms with van der Waals surface area (Å²) in [6, 6.07) is 13.7. The molecule has 0 radical (unpaired) electrons. The number of carboxylic acid groups (broad SMARTS) is 1. The van der Waals surface area contributed by atoms with Crippen LogP contribution < -0.4 is 22.1 Å². The number of nitrogens with two attached hydrogens (primary N) is 2. The molecular formula is C24H29N5O2. The standard InChI is InChI=1S/C24H29N5O2/c1-15(26)24-20-7-6-17(18(13-25)14-27-2)12-21(20)22(8-9-28-24)29-19-5-3-4-16(10-19)11-23(30)31/h3-7,10,12-14,22,28-29H,8-9,11,25-26H2,1-2H3,(H,30,31)/b18-13?,24-15-,27-14?. The van der Waals surface area contributed by atoms with E-state index in [0.717, 1.165) is 57.9 Å². The third kappa shape index (κ3) is 5.25.